The first-order valence-electron chi connectivity index (χ1n) is 33.2. The average Bonchev–Trinajstić information content (AvgIpc) is 3.46. The maximum absolute atomic E-state index is 12.9. The Morgan fingerprint density at radius 1 is 0.263 bits per heavy atom. The van der Waals surface area contributed by atoms with Crippen LogP contribution < -0.4 is 0 Å². The Hall–Kier alpha value is -4.45. The van der Waals surface area contributed by atoms with Crippen molar-refractivity contribution in [3.8, 4) is 0 Å². The second-order valence-corrected chi connectivity index (χ2v) is 21.6. The van der Waals surface area contributed by atoms with Crippen LogP contribution in [-0.2, 0) is 28.6 Å². The van der Waals surface area contributed by atoms with Crippen molar-refractivity contribution in [1.29, 1.82) is 0 Å². The van der Waals surface area contributed by atoms with Gasteiger partial charge in [0.15, 0.2) is 6.10 Å². The van der Waals surface area contributed by atoms with E-state index >= 15 is 0 Å². The summed E-state index contributed by atoms with van der Waals surface area (Å²) in [6.07, 6.45) is 94.8. The molecule has 0 spiro atoms. The molecular formula is C74H122O6. The molecule has 0 aliphatic carbocycles. The van der Waals surface area contributed by atoms with E-state index in [1.165, 1.54) is 135 Å². The molecule has 0 aromatic rings. The number of carbonyl (C=O) groups is 3. The molecule has 454 valence electrons. The summed E-state index contributed by atoms with van der Waals surface area (Å²) in [5.74, 6) is -0.957. The third kappa shape index (κ3) is 64.4. The Labute approximate surface area is 494 Å². The Kier molecular flexibility index (Phi) is 63.3. The van der Waals surface area contributed by atoms with Gasteiger partial charge in [-0.3, -0.25) is 14.4 Å². The zero-order valence-corrected chi connectivity index (χ0v) is 52.0. The number of hydrogen-bond acceptors (Lipinski definition) is 6. The Balaban J connectivity index is 4.29. The first-order chi connectivity index (χ1) is 39.5. The highest BCUT2D eigenvalue weighted by atomic mass is 16.6. The van der Waals surface area contributed by atoms with Crippen LogP contribution >= 0.6 is 0 Å². The molecule has 0 N–H and O–H groups in total. The number of rotatable bonds is 59. The van der Waals surface area contributed by atoms with Crippen molar-refractivity contribution >= 4 is 17.9 Å². The third-order valence-electron chi connectivity index (χ3n) is 13.9. The Morgan fingerprint density at radius 3 is 0.800 bits per heavy atom. The predicted molar refractivity (Wildman–Crippen MR) is 348 cm³/mol. The first kappa shape index (κ1) is 75.5. The number of carbonyl (C=O) groups excluding carboxylic acids is 3. The van der Waals surface area contributed by atoms with E-state index in [4.69, 9.17) is 14.2 Å². The fraction of sp³-hybridized carbons (Fsp3) is 0.662. The van der Waals surface area contributed by atoms with Gasteiger partial charge in [-0.05, 0) is 109 Å². The second-order valence-electron chi connectivity index (χ2n) is 21.6. The highest BCUT2D eigenvalue weighted by Crippen LogP contribution is 2.16. The zero-order valence-electron chi connectivity index (χ0n) is 52.0. The van der Waals surface area contributed by atoms with Gasteiger partial charge >= 0.3 is 17.9 Å². The largest absolute Gasteiger partial charge is 0.462 e. The lowest BCUT2D eigenvalue weighted by Gasteiger charge is -2.18. The average molecular weight is 1110 g/mol. The molecule has 0 saturated heterocycles. The highest BCUT2D eigenvalue weighted by molar-refractivity contribution is 5.71. The maximum atomic E-state index is 12.9. The van der Waals surface area contributed by atoms with Crippen LogP contribution in [0.25, 0.3) is 0 Å². The molecule has 0 aliphatic heterocycles. The molecule has 80 heavy (non-hydrogen) atoms. The number of hydrogen-bond donors (Lipinski definition) is 0. The lowest BCUT2D eigenvalue weighted by molar-refractivity contribution is -0.167. The minimum Gasteiger partial charge on any atom is -0.462 e. The summed E-state index contributed by atoms with van der Waals surface area (Å²) >= 11 is 0. The van der Waals surface area contributed by atoms with E-state index in [0.717, 1.165) is 116 Å². The monoisotopic (exact) mass is 1110 g/mol. The molecule has 0 aromatic carbocycles. The topological polar surface area (TPSA) is 78.9 Å². The number of ether oxygens (including phenoxy) is 3. The van der Waals surface area contributed by atoms with E-state index in [1.807, 2.05) is 0 Å². The van der Waals surface area contributed by atoms with Crippen LogP contribution in [0, 0.1) is 0 Å². The van der Waals surface area contributed by atoms with Gasteiger partial charge in [-0.2, -0.15) is 0 Å². The molecule has 0 aromatic heterocycles. The van der Waals surface area contributed by atoms with E-state index < -0.39 is 6.10 Å². The normalized spacial score (nSPS) is 13.0. The summed E-state index contributed by atoms with van der Waals surface area (Å²) in [6, 6.07) is 0. The quantitative estimate of drug-likeness (QED) is 0.0261. The molecule has 0 saturated carbocycles. The molecule has 0 amide bonds. The molecule has 0 rings (SSSR count). The SMILES string of the molecule is CC/C=C\C/C=C\C/C=C\C/C=C\C/C=C\C/C=C\C/C=C\CCCC(=O)OC(COC(=O)CCCCCCCCCCCC)COC(=O)CCCCCCCCCCCCCCCCCC/C=C\C/C=C\C/C=C\C/C=C\CC. The van der Waals surface area contributed by atoms with E-state index in [2.05, 4.69) is 154 Å². The summed E-state index contributed by atoms with van der Waals surface area (Å²) in [7, 11) is 0. The van der Waals surface area contributed by atoms with Crippen LogP contribution in [0.3, 0.4) is 0 Å². The molecule has 0 bridgehead atoms. The molecule has 1 atom stereocenters. The van der Waals surface area contributed by atoms with Gasteiger partial charge in [0, 0.05) is 19.3 Å². The van der Waals surface area contributed by atoms with Crippen molar-refractivity contribution in [1.82, 2.24) is 0 Å². The smallest absolute Gasteiger partial charge is 0.306 e. The summed E-state index contributed by atoms with van der Waals surface area (Å²) in [5, 5.41) is 0. The van der Waals surface area contributed by atoms with E-state index in [0.29, 0.717) is 19.3 Å². The van der Waals surface area contributed by atoms with Crippen LogP contribution in [0.1, 0.15) is 297 Å². The van der Waals surface area contributed by atoms with Crippen molar-refractivity contribution in [3.63, 3.8) is 0 Å². The van der Waals surface area contributed by atoms with Gasteiger partial charge in [0.1, 0.15) is 13.2 Å². The lowest BCUT2D eigenvalue weighted by Crippen LogP contribution is -2.30. The zero-order chi connectivity index (χ0) is 57.8. The lowest BCUT2D eigenvalue weighted by atomic mass is 10.0. The minimum atomic E-state index is -0.811. The second kappa shape index (κ2) is 67.1. The van der Waals surface area contributed by atoms with Gasteiger partial charge in [-0.25, -0.2) is 0 Å². The molecule has 0 radical (unpaired) electrons. The minimum absolute atomic E-state index is 0.101. The Bertz CT molecular complexity index is 1700. The molecule has 6 nitrogen and oxygen atoms in total. The molecule has 0 heterocycles. The van der Waals surface area contributed by atoms with Crippen molar-refractivity contribution in [2.75, 3.05) is 13.2 Å². The van der Waals surface area contributed by atoms with Crippen molar-refractivity contribution < 1.29 is 28.6 Å². The van der Waals surface area contributed by atoms with Crippen LogP contribution in [0.15, 0.2) is 134 Å². The van der Waals surface area contributed by atoms with Gasteiger partial charge in [0.2, 0.25) is 0 Å². The summed E-state index contributed by atoms with van der Waals surface area (Å²) in [4.78, 5) is 38.2. The molecular weight excluding hydrogens is 985 g/mol. The summed E-state index contributed by atoms with van der Waals surface area (Å²) < 4.78 is 16.9. The van der Waals surface area contributed by atoms with E-state index in [9.17, 15) is 14.4 Å². The van der Waals surface area contributed by atoms with Crippen molar-refractivity contribution in [2.24, 2.45) is 0 Å². The number of unbranched alkanes of at least 4 members (excludes halogenated alkanes) is 26. The van der Waals surface area contributed by atoms with Gasteiger partial charge in [0.25, 0.3) is 0 Å². The van der Waals surface area contributed by atoms with E-state index in [-0.39, 0.29) is 37.5 Å². The highest BCUT2D eigenvalue weighted by Gasteiger charge is 2.19. The van der Waals surface area contributed by atoms with Crippen LogP contribution in [0.4, 0.5) is 0 Å². The standard InChI is InChI=1S/C74H122O6/c1-4-7-10-13-16-19-22-24-26-28-30-32-34-35-36-37-38-39-41-42-44-46-48-50-52-55-58-61-64-67-73(76)79-70-71(69-78-72(75)66-63-60-57-54-21-18-15-12-9-6-3)80-74(77)68-65-62-59-56-53-51-49-47-45-43-40-33-31-29-27-25-23-20-17-14-11-8-5-2/h7-8,10-11,16-17,19-20,24-27,30-33,43,45,49,51,56,59,71H,4-6,9,12-15,18,21-23,28-29,34-42,44,46-48,50,52-55,57-58,60-70H2,1-3H3/b10-7-,11-8-,19-16-,20-17-,26-24-,27-25-,32-30-,33-31-,45-43-,51-49-,59-56-. The molecule has 0 aliphatic rings. The summed E-state index contributed by atoms with van der Waals surface area (Å²) in [6.45, 7) is 6.37. The van der Waals surface area contributed by atoms with Crippen LogP contribution in [-0.4, -0.2) is 37.2 Å². The van der Waals surface area contributed by atoms with Gasteiger partial charge in [-0.1, -0.05) is 302 Å². The van der Waals surface area contributed by atoms with Gasteiger partial charge in [0.05, 0.1) is 0 Å². The number of allylic oxidation sites excluding steroid dienone is 22. The maximum Gasteiger partial charge on any atom is 0.306 e. The van der Waals surface area contributed by atoms with Crippen molar-refractivity contribution in [2.45, 2.75) is 303 Å². The predicted octanol–water partition coefficient (Wildman–Crippen LogP) is 22.9. The number of esters is 3. The fourth-order valence-electron chi connectivity index (χ4n) is 9.01. The third-order valence-corrected chi connectivity index (χ3v) is 13.9. The molecule has 6 heteroatoms. The van der Waals surface area contributed by atoms with Crippen LogP contribution in [0.5, 0.6) is 0 Å². The molecule has 1 unspecified atom stereocenters. The van der Waals surface area contributed by atoms with Crippen molar-refractivity contribution in [3.05, 3.63) is 134 Å². The van der Waals surface area contributed by atoms with E-state index in [1.54, 1.807) is 0 Å². The van der Waals surface area contributed by atoms with Crippen LogP contribution in [0.2, 0.25) is 0 Å². The first-order valence-corrected chi connectivity index (χ1v) is 33.2. The molecule has 0 fully saturated rings. The van der Waals surface area contributed by atoms with Gasteiger partial charge in [-0.15, -0.1) is 0 Å². The Morgan fingerprint density at radius 2 is 0.500 bits per heavy atom. The fourth-order valence-corrected chi connectivity index (χ4v) is 9.01. The summed E-state index contributed by atoms with van der Waals surface area (Å²) in [5.41, 5.74) is 0. The van der Waals surface area contributed by atoms with Gasteiger partial charge < -0.3 is 14.2 Å².